The van der Waals surface area contributed by atoms with Crippen LogP contribution in [-0.4, -0.2) is 22.7 Å². The fraction of sp³-hybridized carbons (Fsp3) is 0.867. The average molecular weight is 261 g/mol. The summed E-state index contributed by atoms with van der Waals surface area (Å²) in [4.78, 5) is 4.27. The molecular formula is C15H23N3O. The summed E-state index contributed by atoms with van der Waals surface area (Å²) in [5.41, 5.74) is 0. The summed E-state index contributed by atoms with van der Waals surface area (Å²) in [5, 5.41) is 7.76. The first-order valence-corrected chi connectivity index (χ1v) is 7.80. The SMILES string of the molecule is Cc1nc(CCNC2C3CC4CC(C3)CC2C4)no1. The molecule has 1 aromatic heterocycles. The molecule has 5 rings (SSSR count). The third-order valence-electron chi connectivity index (χ3n) is 5.53. The van der Waals surface area contributed by atoms with Crippen molar-refractivity contribution in [1.29, 1.82) is 0 Å². The van der Waals surface area contributed by atoms with Crippen LogP contribution in [0.25, 0.3) is 0 Å². The Bertz CT molecular complexity index is 428. The molecule has 4 bridgehead atoms. The van der Waals surface area contributed by atoms with E-state index in [4.69, 9.17) is 4.52 Å². The van der Waals surface area contributed by atoms with Gasteiger partial charge in [-0.2, -0.15) is 4.98 Å². The van der Waals surface area contributed by atoms with Crippen molar-refractivity contribution in [1.82, 2.24) is 15.5 Å². The van der Waals surface area contributed by atoms with Crippen LogP contribution >= 0.6 is 0 Å². The summed E-state index contributed by atoms with van der Waals surface area (Å²) >= 11 is 0. The van der Waals surface area contributed by atoms with E-state index >= 15 is 0 Å². The van der Waals surface area contributed by atoms with Crippen molar-refractivity contribution in [3.05, 3.63) is 11.7 Å². The van der Waals surface area contributed by atoms with E-state index in [2.05, 4.69) is 15.5 Å². The first-order valence-electron chi connectivity index (χ1n) is 7.80. The van der Waals surface area contributed by atoms with Crippen LogP contribution in [0.1, 0.15) is 43.8 Å². The number of hydrogen-bond acceptors (Lipinski definition) is 4. The minimum absolute atomic E-state index is 0.671. The Morgan fingerprint density at radius 1 is 1.11 bits per heavy atom. The smallest absolute Gasteiger partial charge is 0.223 e. The molecule has 0 aliphatic heterocycles. The number of aryl methyl sites for hydroxylation is 1. The van der Waals surface area contributed by atoms with Gasteiger partial charge in [-0.3, -0.25) is 0 Å². The summed E-state index contributed by atoms with van der Waals surface area (Å²) in [6.07, 6.45) is 8.33. The van der Waals surface area contributed by atoms with Gasteiger partial charge in [-0.1, -0.05) is 5.16 Å². The monoisotopic (exact) mass is 261 g/mol. The van der Waals surface area contributed by atoms with Gasteiger partial charge in [-0.05, 0) is 55.8 Å². The number of rotatable bonds is 4. The molecule has 1 N–H and O–H groups in total. The number of nitrogens with zero attached hydrogens (tertiary/aromatic N) is 2. The van der Waals surface area contributed by atoms with Gasteiger partial charge in [0.1, 0.15) is 0 Å². The van der Waals surface area contributed by atoms with Crippen molar-refractivity contribution >= 4 is 0 Å². The summed E-state index contributed by atoms with van der Waals surface area (Å²) in [6.45, 7) is 2.84. The molecule has 0 saturated heterocycles. The van der Waals surface area contributed by atoms with Gasteiger partial charge in [0.25, 0.3) is 0 Å². The zero-order valence-electron chi connectivity index (χ0n) is 11.6. The van der Waals surface area contributed by atoms with Crippen molar-refractivity contribution < 1.29 is 4.52 Å². The molecule has 0 radical (unpaired) electrons. The van der Waals surface area contributed by atoms with Gasteiger partial charge in [0.05, 0.1) is 0 Å². The van der Waals surface area contributed by atoms with Crippen LogP contribution in [0.5, 0.6) is 0 Å². The van der Waals surface area contributed by atoms with Crippen LogP contribution in [0.3, 0.4) is 0 Å². The van der Waals surface area contributed by atoms with Crippen molar-refractivity contribution in [3.8, 4) is 0 Å². The maximum absolute atomic E-state index is 5.01. The Hall–Kier alpha value is -0.900. The van der Waals surface area contributed by atoms with Crippen LogP contribution in [0.2, 0.25) is 0 Å². The van der Waals surface area contributed by atoms with Crippen LogP contribution in [-0.2, 0) is 6.42 Å². The molecule has 104 valence electrons. The van der Waals surface area contributed by atoms with Gasteiger partial charge in [-0.25, -0.2) is 0 Å². The third-order valence-corrected chi connectivity index (χ3v) is 5.53. The van der Waals surface area contributed by atoms with E-state index in [-0.39, 0.29) is 0 Å². The molecule has 4 heteroatoms. The predicted octanol–water partition coefficient (Wildman–Crippen LogP) is 2.33. The average Bonchev–Trinajstić information content (AvgIpc) is 2.78. The van der Waals surface area contributed by atoms with Gasteiger partial charge >= 0.3 is 0 Å². The zero-order valence-corrected chi connectivity index (χ0v) is 11.6. The molecule has 4 nitrogen and oxygen atoms in total. The Morgan fingerprint density at radius 3 is 2.37 bits per heavy atom. The second kappa shape index (κ2) is 4.58. The fourth-order valence-electron chi connectivity index (χ4n) is 5.05. The van der Waals surface area contributed by atoms with Crippen molar-refractivity contribution in [2.75, 3.05) is 6.54 Å². The Kier molecular flexibility index (Phi) is 2.87. The zero-order chi connectivity index (χ0) is 12.8. The van der Waals surface area contributed by atoms with Crippen LogP contribution in [0.15, 0.2) is 4.52 Å². The Labute approximate surface area is 114 Å². The molecule has 1 aromatic rings. The second-order valence-corrected chi connectivity index (χ2v) is 6.89. The van der Waals surface area contributed by atoms with Crippen LogP contribution in [0, 0.1) is 30.6 Å². The number of aromatic nitrogens is 2. The van der Waals surface area contributed by atoms with E-state index in [1.54, 1.807) is 0 Å². The molecule has 0 aromatic carbocycles. The predicted molar refractivity (Wildman–Crippen MR) is 71.6 cm³/mol. The van der Waals surface area contributed by atoms with E-state index in [1.165, 1.54) is 32.1 Å². The van der Waals surface area contributed by atoms with Crippen molar-refractivity contribution in [2.45, 2.75) is 51.5 Å². The highest BCUT2D eigenvalue weighted by Gasteiger charge is 2.47. The van der Waals surface area contributed by atoms with E-state index < -0.39 is 0 Å². The van der Waals surface area contributed by atoms with Crippen LogP contribution in [0.4, 0.5) is 0 Å². The third kappa shape index (κ3) is 2.20. The highest BCUT2D eigenvalue weighted by Crippen LogP contribution is 2.53. The summed E-state index contributed by atoms with van der Waals surface area (Å²) in [5.74, 6) is 5.52. The highest BCUT2D eigenvalue weighted by molar-refractivity contribution is 5.01. The molecule has 0 atom stereocenters. The minimum Gasteiger partial charge on any atom is -0.340 e. The molecular weight excluding hydrogens is 238 g/mol. The molecule has 4 aliphatic carbocycles. The molecule has 19 heavy (non-hydrogen) atoms. The summed E-state index contributed by atoms with van der Waals surface area (Å²) in [6, 6.07) is 0.765. The van der Waals surface area contributed by atoms with Crippen LogP contribution < -0.4 is 5.32 Å². The van der Waals surface area contributed by atoms with Gasteiger partial charge in [0.15, 0.2) is 5.82 Å². The second-order valence-electron chi connectivity index (χ2n) is 6.89. The van der Waals surface area contributed by atoms with E-state index in [0.717, 1.165) is 48.5 Å². The number of nitrogens with one attached hydrogen (secondary N) is 1. The molecule has 0 unspecified atom stereocenters. The maximum atomic E-state index is 5.01. The molecule has 4 fully saturated rings. The fourth-order valence-corrected chi connectivity index (χ4v) is 5.05. The van der Waals surface area contributed by atoms with Gasteiger partial charge in [0, 0.05) is 25.9 Å². The van der Waals surface area contributed by atoms with Gasteiger partial charge in [0.2, 0.25) is 5.89 Å². The van der Waals surface area contributed by atoms with Gasteiger partial charge in [-0.15, -0.1) is 0 Å². The molecule has 0 spiro atoms. The van der Waals surface area contributed by atoms with Crippen molar-refractivity contribution in [2.24, 2.45) is 23.7 Å². The van der Waals surface area contributed by atoms with E-state index in [0.29, 0.717) is 5.89 Å². The minimum atomic E-state index is 0.671. The topological polar surface area (TPSA) is 51.0 Å². The maximum Gasteiger partial charge on any atom is 0.223 e. The molecule has 1 heterocycles. The number of hydrogen-bond donors (Lipinski definition) is 1. The first-order chi connectivity index (χ1) is 9.28. The highest BCUT2D eigenvalue weighted by atomic mass is 16.5. The Morgan fingerprint density at radius 2 is 1.79 bits per heavy atom. The lowest BCUT2D eigenvalue weighted by Crippen LogP contribution is -2.54. The first kappa shape index (κ1) is 11.9. The van der Waals surface area contributed by atoms with E-state index in [9.17, 15) is 0 Å². The molecule has 4 saturated carbocycles. The standard InChI is InChI=1S/C15H23N3O/c1-9-17-14(18-19-9)2-3-16-15-12-5-10-4-11(7-12)8-13(15)6-10/h10-13,15-16H,2-8H2,1H3. The lowest BCUT2D eigenvalue weighted by atomic mass is 9.54. The molecule has 4 aliphatic rings. The summed E-state index contributed by atoms with van der Waals surface area (Å²) in [7, 11) is 0. The summed E-state index contributed by atoms with van der Waals surface area (Å²) < 4.78 is 5.01. The normalized spacial score (nSPS) is 39.9. The van der Waals surface area contributed by atoms with Gasteiger partial charge < -0.3 is 9.84 Å². The lowest BCUT2D eigenvalue weighted by molar-refractivity contribution is -0.0134. The quantitative estimate of drug-likeness (QED) is 0.904. The van der Waals surface area contributed by atoms with E-state index in [1.807, 2.05) is 6.92 Å². The van der Waals surface area contributed by atoms with Crippen molar-refractivity contribution in [3.63, 3.8) is 0 Å². The molecule has 0 amide bonds. The lowest BCUT2D eigenvalue weighted by Gasteiger charge is -2.54. The Balaban J connectivity index is 1.33. The largest absolute Gasteiger partial charge is 0.340 e.